The highest BCUT2D eigenvalue weighted by Gasteiger charge is 2.44. The molecule has 182 valence electrons. The molecule has 0 aliphatic carbocycles. The van der Waals surface area contributed by atoms with Crippen molar-refractivity contribution in [1.82, 2.24) is 9.47 Å². The third kappa shape index (κ3) is 4.23. The number of carbonyl (C=O) groups excluding carboxylic acids is 1. The lowest BCUT2D eigenvalue weighted by Gasteiger charge is -2.39. The van der Waals surface area contributed by atoms with Gasteiger partial charge in [-0.15, -0.1) is 12.4 Å². The number of nitrogens with zero attached hydrogens (tertiary/aromatic N) is 2. The van der Waals surface area contributed by atoms with Crippen LogP contribution in [0.4, 0.5) is 4.39 Å². The number of aromatic nitrogens is 1. The van der Waals surface area contributed by atoms with Gasteiger partial charge in [-0.1, -0.05) is 30.3 Å². The molecule has 1 amide bonds. The van der Waals surface area contributed by atoms with E-state index >= 15 is 0 Å². The average molecular weight is 486 g/mol. The van der Waals surface area contributed by atoms with E-state index in [2.05, 4.69) is 22.5 Å². The van der Waals surface area contributed by atoms with Gasteiger partial charge in [-0.05, 0) is 61.3 Å². The Hall–Kier alpha value is -2.41. The van der Waals surface area contributed by atoms with Crippen LogP contribution in [0, 0.1) is 12.7 Å². The van der Waals surface area contributed by atoms with E-state index in [-0.39, 0.29) is 42.1 Å². The molecule has 3 aromatic rings. The normalized spacial score (nSPS) is 21.6. The summed E-state index contributed by atoms with van der Waals surface area (Å²) >= 11 is 0. The summed E-state index contributed by atoms with van der Waals surface area (Å²) in [6, 6.07) is 11.6. The number of piperidine rings is 1. The summed E-state index contributed by atoms with van der Waals surface area (Å²) in [5.41, 5.74) is 10.5. The molecule has 5 rings (SSSR count). The van der Waals surface area contributed by atoms with E-state index in [9.17, 15) is 9.18 Å². The maximum atomic E-state index is 14.7. The fourth-order valence-corrected chi connectivity index (χ4v) is 6.02. The van der Waals surface area contributed by atoms with Crippen molar-refractivity contribution in [2.75, 3.05) is 13.7 Å². The van der Waals surface area contributed by atoms with Gasteiger partial charge in [0.15, 0.2) is 0 Å². The summed E-state index contributed by atoms with van der Waals surface area (Å²) in [5.74, 6) is 0.0697. The number of aryl methyl sites for hydroxylation is 1. The number of halogens is 2. The Kier molecular flexibility index (Phi) is 7.31. The number of hydrogen-bond acceptors (Lipinski definition) is 3. The van der Waals surface area contributed by atoms with Crippen LogP contribution in [0.1, 0.15) is 58.6 Å². The number of rotatable bonds is 6. The van der Waals surface area contributed by atoms with Crippen molar-refractivity contribution < 1.29 is 13.9 Å². The van der Waals surface area contributed by atoms with Crippen LogP contribution in [0.15, 0.2) is 42.6 Å². The number of hydrogen-bond donors (Lipinski definition) is 1. The summed E-state index contributed by atoms with van der Waals surface area (Å²) in [6.07, 6.45) is 5.55. The zero-order valence-corrected chi connectivity index (χ0v) is 20.6. The van der Waals surface area contributed by atoms with E-state index in [4.69, 9.17) is 10.5 Å². The molecule has 7 heteroatoms. The van der Waals surface area contributed by atoms with Crippen molar-refractivity contribution in [3.05, 3.63) is 70.7 Å². The molecule has 2 aromatic carbocycles. The second-order valence-corrected chi connectivity index (χ2v) is 9.53. The molecule has 3 heterocycles. The van der Waals surface area contributed by atoms with E-state index in [1.54, 1.807) is 13.2 Å². The molecule has 0 saturated carbocycles. The summed E-state index contributed by atoms with van der Waals surface area (Å²) in [7, 11) is 1.69. The van der Waals surface area contributed by atoms with E-state index < -0.39 is 0 Å². The van der Waals surface area contributed by atoms with Crippen LogP contribution in [-0.4, -0.2) is 41.2 Å². The summed E-state index contributed by atoms with van der Waals surface area (Å²) in [4.78, 5) is 16.0. The highest BCUT2D eigenvalue weighted by atomic mass is 35.5. The number of para-hydroxylation sites is 1. The molecule has 2 unspecified atom stereocenters. The predicted molar refractivity (Wildman–Crippen MR) is 135 cm³/mol. The maximum Gasteiger partial charge on any atom is 0.256 e. The molecule has 34 heavy (non-hydrogen) atoms. The van der Waals surface area contributed by atoms with E-state index in [0.717, 1.165) is 58.8 Å². The number of nitrogens with two attached hydrogens (primary N) is 1. The third-order valence-electron chi connectivity index (χ3n) is 7.57. The van der Waals surface area contributed by atoms with Crippen molar-refractivity contribution >= 4 is 29.2 Å². The first-order chi connectivity index (χ1) is 16.0. The molecule has 2 fully saturated rings. The first-order valence-electron chi connectivity index (χ1n) is 11.9. The Morgan fingerprint density at radius 1 is 1.18 bits per heavy atom. The molecule has 0 radical (unpaired) electrons. The Labute approximate surface area is 206 Å². The Morgan fingerprint density at radius 2 is 1.91 bits per heavy atom. The van der Waals surface area contributed by atoms with Crippen molar-refractivity contribution in [3.63, 3.8) is 0 Å². The fraction of sp³-hybridized carbons (Fsp3) is 0.444. The van der Waals surface area contributed by atoms with E-state index in [1.165, 1.54) is 6.07 Å². The van der Waals surface area contributed by atoms with Crippen LogP contribution in [0.2, 0.25) is 0 Å². The van der Waals surface area contributed by atoms with Crippen molar-refractivity contribution in [2.45, 2.75) is 63.7 Å². The Bertz CT molecular complexity index is 1180. The van der Waals surface area contributed by atoms with Gasteiger partial charge >= 0.3 is 0 Å². The maximum absolute atomic E-state index is 14.7. The van der Waals surface area contributed by atoms with Gasteiger partial charge in [-0.25, -0.2) is 4.39 Å². The topological polar surface area (TPSA) is 60.5 Å². The van der Waals surface area contributed by atoms with Gasteiger partial charge < -0.3 is 19.9 Å². The quantitative estimate of drug-likeness (QED) is 0.524. The van der Waals surface area contributed by atoms with Crippen molar-refractivity contribution in [1.29, 1.82) is 0 Å². The van der Waals surface area contributed by atoms with Gasteiger partial charge in [0.1, 0.15) is 5.82 Å². The summed E-state index contributed by atoms with van der Waals surface area (Å²) in [6.45, 7) is 3.79. The first-order valence-corrected chi connectivity index (χ1v) is 11.9. The molecule has 2 atom stereocenters. The number of ether oxygens (including phenoxy) is 1. The second-order valence-electron chi connectivity index (χ2n) is 9.53. The molecule has 1 aromatic heterocycles. The number of benzene rings is 2. The minimum absolute atomic E-state index is 0. The number of methoxy groups -OCH3 is 1. The third-order valence-corrected chi connectivity index (χ3v) is 7.57. The lowest BCUT2D eigenvalue weighted by atomic mass is 9.84. The molecular formula is C27H33ClFN3O2. The van der Waals surface area contributed by atoms with Crippen LogP contribution in [0.5, 0.6) is 0 Å². The number of amides is 1. The van der Waals surface area contributed by atoms with Gasteiger partial charge in [0.05, 0.1) is 17.7 Å². The lowest BCUT2D eigenvalue weighted by Crippen LogP contribution is -2.46. The monoisotopic (exact) mass is 485 g/mol. The number of carbonyl (C=O) groups is 1. The van der Waals surface area contributed by atoms with Crippen LogP contribution >= 0.6 is 12.4 Å². The highest BCUT2D eigenvalue weighted by molar-refractivity contribution is 6.08. The van der Waals surface area contributed by atoms with Crippen LogP contribution in [-0.2, 0) is 17.8 Å². The summed E-state index contributed by atoms with van der Waals surface area (Å²) < 4.78 is 22.1. The molecule has 2 saturated heterocycles. The SMILES string of the molecule is COCCn1cc(C(=O)N2C3CCC2CC(c2cc(CN)ccc2F)C3)c2cccc(C)c21.Cl. The molecule has 5 nitrogen and oxygen atoms in total. The standard InChI is InChI=1S/C27H32FN3O2.ClH/c1-17-4-3-5-22-24(16-30(26(17)22)10-11-33-2)27(32)31-20-7-8-21(31)14-19(13-20)23-12-18(15-29)6-9-25(23)28;/h3-6,9,12,16,19-21H,7-8,10-11,13-15,29H2,1-2H3;1H. The van der Waals surface area contributed by atoms with Crippen LogP contribution < -0.4 is 5.73 Å². The molecular weight excluding hydrogens is 453 g/mol. The van der Waals surface area contributed by atoms with Gasteiger partial charge in [0.25, 0.3) is 5.91 Å². The lowest BCUT2D eigenvalue weighted by molar-refractivity contribution is 0.0572. The largest absolute Gasteiger partial charge is 0.383 e. The molecule has 2 bridgehead atoms. The van der Waals surface area contributed by atoms with Gasteiger partial charge in [0, 0.05) is 43.9 Å². The van der Waals surface area contributed by atoms with Gasteiger partial charge in [-0.3, -0.25) is 4.79 Å². The first kappa shape index (κ1) is 24.7. The smallest absolute Gasteiger partial charge is 0.256 e. The zero-order valence-electron chi connectivity index (χ0n) is 19.8. The minimum Gasteiger partial charge on any atom is -0.383 e. The van der Waals surface area contributed by atoms with Crippen molar-refractivity contribution in [2.24, 2.45) is 5.73 Å². The van der Waals surface area contributed by atoms with Gasteiger partial charge in [0.2, 0.25) is 0 Å². The zero-order chi connectivity index (χ0) is 23.1. The minimum atomic E-state index is -0.159. The molecule has 2 N–H and O–H groups in total. The Balaban J connectivity index is 0.00000274. The Morgan fingerprint density at radius 3 is 2.59 bits per heavy atom. The number of fused-ring (bicyclic) bond motifs is 3. The van der Waals surface area contributed by atoms with Crippen molar-refractivity contribution in [3.8, 4) is 0 Å². The summed E-state index contributed by atoms with van der Waals surface area (Å²) in [5, 5.41) is 0.999. The highest BCUT2D eigenvalue weighted by Crippen LogP contribution is 2.45. The van der Waals surface area contributed by atoms with Crippen LogP contribution in [0.25, 0.3) is 10.9 Å². The van der Waals surface area contributed by atoms with E-state index in [1.807, 2.05) is 24.4 Å². The molecule has 2 aliphatic heterocycles. The molecule has 2 aliphatic rings. The molecule has 0 spiro atoms. The second kappa shape index (κ2) is 10.1. The fourth-order valence-electron chi connectivity index (χ4n) is 6.02. The van der Waals surface area contributed by atoms with Crippen LogP contribution in [0.3, 0.4) is 0 Å². The van der Waals surface area contributed by atoms with E-state index in [0.29, 0.717) is 19.7 Å². The van der Waals surface area contributed by atoms with Gasteiger partial charge in [-0.2, -0.15) is 0 Å². The average Bonchev–Trinajstić information content (AvgIpc) is 3.32. The predicted octanol–water partition coefficient (Wildman–Crippen LogP) is 5.17.